The Labute approximate surface area is 254 Å². The minimum Gasteiger partial charge on any atom is -0.490 e. The van der Waals surface area contributed by atoms with E-state index >= 15 is 4.39 Å². The van der Waals surface area contributed by atoms with Crippen molar-refractivity contribution < 1.29 is 28.1 Å². The quantitative estimate of drug-likeness (QED) is 0.220. The number of amides is 1. The summed E-state index contributed by atoms with van der Waals surface area (Å²) < 4.78 is 40.5. The maximum absolute atomic E-state index is 15.3. The maximum atomic E-state index is 15.3. The van der Waals surface area contributed by atoms with Gasteiger partial charge in [-0.25, -0.2) is 19.2 Å². The standard InChI is InChI=1S/C34H33FN4O5/c35-27-21-38(34(40)42-22-23-5-2-1-3-6-23)15-12-30(27)44-31-8-4-7-24-9-10-28(37-33(24)31)29-20-36-32-19-26(11-16-39(29)32)43-25-13-17-41-18-14-25/h1-11,16,19-20,25,27,30H,12-15,17-18,21-22H2/t27-,30-/m0/s1. The van der Waals surface area contributed by atoms with Crippen LogP contribution >= 0.6 is 0 Å². The minimum absolute atomic E-state index is 0.0935. The van der Waals surface area contributed by atoms with Gasteiger partial charge in [0.05, 0.1) is 37.3 Å². The molecule has 3 aromatic heterocycles. The van der Waals surface area contributed by atoms with Crippen LogP contribution in [0, 0.1) is 0 Å². The Hall–Kier alpha value is -4.70. The summed E-state index contributed by atoms with van der Waals surface area (Å²) in [6.07, 6.45) is 3.34. The van der Waals surface area contributed by atoms with Crippen molar-refractivity contribution in [3.63, 3.8) is 0 Å². The van der Waals surface area contributed by atoms with Crippen molar-refractivity contribution in [3.05, 3.63) is 90.8 Å². The molecular formula is C34H33FN4O5. The van der Waals surface area contributed by atoms with Crippen LogP contribution in [0.25, 0.3) is 27.9 Å². The average Bonchev–Trinajstić information content (AvgIpc) is 3.49. The third-order valence-corrected chi connectivity index (χ3v) is 8.12. The maximum Gasteiger partial charge on any atom is 0.410 e. The summed E-state index contributed by atoms with van der Waals surface area (Å²) in [5.74, 6) is 1.28. The van der Waals surface area contributed by atoms with Gasteiger partial charge in [-0.15, -0.1) is 0 Å². The number of likely N-dealkylation sites (tertiary alicyclic amines) is 1. The first-order valence-corrected chi connectivity index (χ1v) is 15.0. The summed E-state index contributed by atoms with van der Waals surface area (Å²) >= 11 is 0. The largest absolute Gasteiger partial charge is 0.490 e. The van der Waals surface area contributed by atoms with Crippen molar-refractivity contribution in [2.75, 3.05) is 26.3 Å². The van der Waals surface area contributed by atoms with Crippen molar-refractivity contribution in [3.8, 4) is 22.9 Å². The molecule has 7 rings (SSSR count). The number of pyridine rings is 2. The molecule has 2 aromatic carbocycles. The van der Waals surface area contributed by atoms with E-state index in [2.05, 4.69) is 4.98 Å². The number of halogens is 1. The Morgan fingerprint density at radius 3 is 2.68 bits per heavy atom. The van der Waals surface area contributed by atoms with Gasteiger partial charge in [-0.2, -0.15) is 0 Å². The highest BCUT2D eigenvalue weighted by Gasteiger charge is 2.34. The molecule has 2 aliphatic heterocycles. The number of para-hydroxylation sites is 1. The molecule has 2 atom stereocenters. The Morgan fingerprint density at radius 1 is 0.977 bits per heavy atom. The van der Waals surface area contributed by atoms with E-state index in [-0.39, 0.29) is 19.3 Å². The molecule has 2 aliphatic rings. The Balaban J connectivity index is 1.05. The summed E-state index contributed by atoms with van der Waals surface area (Å²) in [7, 11) is 0. The molecule has 44 heavy (non-hydrogen) atoms. The number of carbonyl (C=O) groups is 1. The number of benzene rings is 2. The number of imidazole rings is 1. The lowest BCUT2D eigenvalue weighted by molar-refractivity contribution is 0.0153. The molecule has 1 amide bonds. The van der Waals surface area contributed by atoms with Crippen LogP contribution < -0.4 is 9.47 Å². The molecule has 226 valence electrons. The smallest absolute Gasteiger partial charge is 0.410 e. The van der Waals surface area contributed by atoms with Gasteiger partial charge in [-0.1, -0.05) is 48.5 Å². The highest BCUT2D eigenvalue weighted by atomic mass is 19.1. The van der Waals surface area contributed by atoms with Crippen molar-refractivity contribution >= 4 is 22.6 Å². The van der Waals surface area contributed by atoms with E-state index in [1.165, 1.54) is 4.90 Å². The van der Waals surface area contributed by atoms with Crippen molar-refractivity contribution in [2.24, 2.45) is 0 Å². The lowest BCUT2D eigenvalue weighted by Gasteiger charge is -2.34. The van der Waals surface area contributed by atoms with Gasteiger partial charge in [0, 0.05) is 43.5 Å². The van der Waals surface area contributed by atoms with Gasteiger partial charge in [-0.05, 0) is 23.8 Å². The number of hydrogen-bond acceptors (Lipinski definition) is 7. The van der Waals surface area contributed by atoms with Gasteiger partial charge in [0.15, 0.2) is 6.17 Å². The topological polar surface area (TPSA) is 87.4 Å². The number of hydrogen-bond donors (Lipinski definition) is 0. The van der Waals surface area contributed by atoms with Crippen LogP contribution in [0.4, 0.5) is 9.18 Å². The van der Waals surface area contributed by atoms with E-state index in [0.717, 1.165) is 54.1 Å². The second kappa shape index (κ2) is 12.5. The van der Waals surface area contributed by atoms with Gasteiger partial charge in [-0.3, -0.25) is 4.40 Å². The minimum atomic E-state index is -1.37. The first-order chi connectivity index (χ1) is 21.6. The summed E-state index contributed by atoms with van der Waals surface area (Å²) in [4.78, 5) is 23.5. The van der Waals surface area contributed by atoms with E-state index in [1.807, 2.05) is 77.3 Å². The fraction of sp³-hybridized carbons (Fsp3) is 0.324. The molecule has 2 fully saturated rings. The van der Waals surface area contributed by atoms with Crippen LogP contribution in [-0.2, 0) is 16.1 Å². The number of aromatic nitrogens is 3. The number of nitrogens with zero attached hydrogens (tertiary/aromatic N) is 4. The van der Waals surface area contributed by atoms with Crippen LogP contribution in [-0.4, -0.2) is 70.0 Å². The molecule has 5 aromatic rings. The lowest BCUT2D eigenvalue weighted by atomic mass is 10.1. The van der Waals surface area contributed by atoms with Crippen molar-refractivity contribution in [2.45, 2.75) is 44.2 Å². The average molecular weight is 597 g/mol. The van der Waals surface area contributed by atoms with Gasteiger partial charge in [0.1, 0.15) is 41.5 Å². The summed E-state index contributed by atoms with van der Waals surface area (Å²) in [6, 6.07) is 22.8. The van der Waals surface area contributed by atoms with Crippen LogP contribution in [0.1, 0.15) is 24.8 Å². The van der Waals surface area contributed by atoms with E-state index in [9.17, 15) is 4.79 Å². The van der Waals surface area contributed by atoms with Crippen molar-refractivity contribution in [1.29, 1.82) is 0 Å². The molecule has 0 N–H and O–H groups in total. The molecular weight excluding hydrogens is 563 g/mol. The summed E-state index contributed by atoms with van der Waals surface area (Å²) in [6.45, 7) is 1.83. The van der Waals surface area contributed by atoms with E-state index in [0.29, 0.717) is 29.9 Å². The zero-order chi connectivity index (χ0) is 29.9. The second-order valence-corrected chi connectivity index (χ2v) is 11.1. The van der Waals surface area contributed by atoms with Crippen LogP contribution in [0.3, 0.4) is 0 Å². The highest BCUT2D eigenvalue weighted by molar-refractivity contribution is 5.86. The van der Waals surface area contributed by atoms with Gasteiger partial charge in [0.25, 0.3) is 0 Å². The normalized spacial score (nSPS) is 19.2. The molecule has 0 aliphatic carbocycles. The van der Waals surface area contributed by atoms with Gasteiger partial charge < -0.3 is 23.8 Å². The molecule has 9 nitrogen and oxygen atoms in total. The number of piperidine rings is 1. The molecule has 10 heteroatoms. The van der Waals surface area contributed by atoms with Crippen LogP contribution in [0.5, 0.6) is 11.5 Å². The molecule has 5 heterocycles. The summed E-state index contributed by atoms with van der Waals surface area (Å²) in [5, 5.41) is 0.879. The highest BCUT2D eigenvalue weighted by Crippen LogP contribution is 2.31. The number of carbonyl (C=O) groups excluding carboxylic acids is 1. The van der Waals surface area contributed by atoms with E-state index in [1.54, 1.807) is 12.3 Å². The van der Waals surface area contributed by atoms with Gasteiger partial charge in [0.2, 0.25) is 0 Å². The third kappa shape index (κ3) is 6.03. The first kappa shape index (κ1) is 28.1. The van der Waals surface area contributed by atoms with Crippen LogP contribution in [0.15, 0.2) is 85.2 Å². The fourth-order valence-corrected chi connectivity index (χ4v) is 5.72. The zero-order valence-corrected chi connectivity index (χ0v) is 24.2. The molecule has 0 unspecified atom stereocenters. The molecule has 0 spiro atoms. The predicted molar refractivity (Wildman–Crippen MR) is 163 cm³/mol. The number of ether oxygens (including phenoxy) is 4. The molecule has 2 saturated heterocycles. The van der Waals surface area contributed by atoms with E-state index < -0.39 is 18.4 Å². The fourth-order valence-electron chi connectivity index (χ4n) is 5.72. The Bertz CT molecular complexity index is 1760. The van der Waals surface area contributed by atoms with Gasteiger partial charge >= 0.3 is 6.09 Å². The number of rotatable bonds is 7. The number of alkyl halides is 1. The first-order valence-electron chi connectivity index (χ1n) is 15.0. The number of fused-ring (bicyclic) bond motifs is 2. The third-order valence-electron chi connectivity index (χ3n) is 8.12. The zero-order valence-electron chi connectivity index (χ0n) is 24.2. The second-order valence-electron chi connectivity index (χ2n) is 11.1. The molecule has 0 saturated carbocycles. The Kier molecular flexibility index (Phi) is 7.98. The summed E-state index contributed by atoms with van der Waals surface area (Å²) in [5.41, 5.74) is 3.81. The molecule has 0 bridgehead atoms. The SMILES string of the molecule is O=C(OCc1ccccc1)N1CC[C@H](Oc2cccc3ccc(-c4cnc5cc(OC6CCOCC6)ccn45)nc23)[C@@H](F)C1. The predicted octanol–water partition coefficient (Wildman–Crippen LogP) is 6.24. The monoisotopic (exact) mass is 596 g/mol. The van der Waals surface area contributed by atoms with E-state index in [4.69, 9.17) is 23.9 Å². The Morgan fingerprint density at radius 2 is 1.84 bits per heavy atom. The van der Waals surface area contributed by atoms with Crippen molar-refractivity contribution in [1.82, 2.24) is 19.3 Å². The lowest BCUT2D eigenvalue weighted by Crippen LogP contribution is -2.49. The van der Waals surface area contributed by atoms with Crippen LogP contribution in [0.2, 0.25) is 0 Å². The molecule has 0 radical (unpaired) electrons.